The first-order chi connectivity index (χ1) is 6.22. The van der Waals surface area contributed by atoms with Crippen LogP contribution >= 0.6 is 11.6 Å². The van der Waals surface area contributed by atoms with Crippen LogP contribution in [0.4, 0.5) is 0 Å². The SMILES string of the molecule is CC1CCn2c(CN)nc(Cl)c2C1. The summed E-state index contributed by atoms with van der Waals surface area (Å²) in [5.74, 6) is 1.64. The molecule has 2 N–H and O–H groups in total. The number of fused-ring (bicyclic) bond motifs is 1. The van der Waals surface area contributed by atoms with Crippen molar-refractivity contribution >= 4 is 11.6 Å². The van der Waals surface area contributed by atoms with E-state index >= 15 is 0 Å². The van der Waals surface area contributed by atoms with Crippen LogP contribution in [0.3, 0.4) is 0 Å². The van der Waals surface area contributed by atoms with Gasteiger partial charge in [0.15, 0.2) is 5.15 Å². The first-order valence-electron chi connectivity index (χ1n) is 4.66. The van der Waals surface area contributed by atoms with Gasteiger partial charge in [-0.15, -0.1) is 0 Å². The zero-order chi connectivity index (χ0) is 9.42. The molecule has 0 fully saturated rings. The van der Waals surface area contributed by atoms with Crippen molar-refractivity contribution in [3.05, 3.63) is 16.7 Å². The van der Waals surface area contributed by atoms with Crippen molar-refractivity contribution in [2.45, 2.75) is 32.9 Å². The smallest absolute Gasteiger partial charge is 0.150 e. The molecule has 2 heterocycles. The molecule has 1 aromatic rings. The van der Waals surface area contributed by atoms with Gasteiger partial charge >= 0.3 is 0 Å². The average Bonchev–Trinajstić information content (AvgIpc) is 2.43. The Balaban J connectivity index is 2.42. The predicted octanol–water partition coefficient (Wildman–Crippen LogP) is 1.58. The highest BCUT2D eigenvalue weighted by atomic mass is 35.5. The lowest BCUT2D eigenvalue weighted by Gasteiger charge is -2.21. The van der Waals surface area contributed by atoms with Gasteiger partial charge < -0.3 is 10.3 Å². The maximum Gasteiger partial charge on any atom is 0.150 e. The quantitative estimate of drug-likeness (QED) is 0.747. The summed E-state index contributed by atoms with van der Waals surface area (Å²) < 4.78 is 2.17. The van der Waals surface area contributed by atoms with Gasteiger partial charge in [-0.2, -0.15) is 0 Å². The van der Waals surface area contributed by atoms with Gasteiger partial charge in [-0.3, -0.25) is 0 Å². The molecule has 13 heavy (non-hydrogen) atoms. The molecular formula is C9H14ClN3. The monoisotopic (exact) mass is 199 g/mol. The van der Waals surface area contributed by atoms with E-state index in [1.165, 1.54) is 12.1 Å². The minimum absolute atomic E-state index is 0.480. The number of hydrogen-bond donors (Lipinski definition) is 1. The summed E-state index contributed by atoms with van der Waals surface area (Å²) in [6.07, 6.45) is 2.23. The fraction of sp³-hybridized carbons (Fsp3) is 0.667. The molecule has 1 aromatic heterocycles. The lowest BCUT2D eigenvalue weighted by molar-refractivity contribution is 0.409. The molecule has 0 radical (unpaired) electrons. The normalized spacial score (nSPS) is 21.6. The highest BCUT2D eigenvalue weighted by Gasteiger charge is 2.21. The molecule has 0 bridgehead atoms. The van der Waals surface area contributed by atoms with Crippen LogP contribution in [0.2, 0.25) is 5.15 Å². The molecule has 1 atom stereocenters. The summed E-state index contributed by atoms with van der Waals surface area (Å²) in [7, 11) is 0. The number of imidazole rings is 1. The molecule has 4 heteroatoms. The fourth-order valence-corrected chi connectivity index (χ4v) is 2.18. The Morgan fingerprint density at radius 2 is 2.46 bits per heavy atom. The maximum atomic E-state index is 6.02. The zero-order valence-corrected chi connectivity index (χ0v) is 8.51. The van der Waals surface area contributed by atoms with Crippen LogP contribution < -0.4 is 5.73 Å². The second-order valence-corrected chi connectivity index (χ2v) is 4.08. The second-order valence-electron chi connectivity index (χ2n) is 3.72. The highest BCUT2D eigenvalue weighted by molar-refractivity contribution is 6.30. The van der Waals surface area contributed by atoms with E-state index in [1.54, 1.807) is 0 Å². The number of nitrogens with zero attached hydrogens (tertiary/aromatic N) is 2. The molecule has 3 nitrogen and oxygen atoms in total. The van der Waals surface area contributed by atoms with Gasteiger partial charge in [0.05, 0.1) is 12.2 Å². The maximum absolute atomic E-state index is 6.02. The van der Waals surface area contributed by atoms with Gasteiger partial charge in [-0.25, -0.2) is 4.98 Å². The Kier molecular flexibility index (Phi) is 2.30. The molecule has 1 aliphatic rings. The lowest BCUT2D eigenvalue weighted by Crippen LogP contribution is -2.19. The molecule has 0 aromatic carbocycles. The molecule has 0 aliphatic carbocycles. The third-order valence-corrected chi connectivity index (χ3v) is 2.98. The molecule has 0 saturated heterocycles. The summed E-state index contributed by atoms with van der Waals surface area (Å²) in [5, 5.41) is 0.645. The van der Waals surface area contributed by atoms with Crippen LogP contribution in [0.5, 0.6) is 0 Å². The molecule has 72 valence electrons. The number of aromatic nitrogens is 2. The molecule has 1 unspecified atom stereocenters. The van der Waals surface area contributed by atoms with Crippen molar-refractivity contribution in [3.8, 4) is 0 Å². The van der Waals surface area contributed by atoms with Gasteiger partial charge in [0.25, 0.3) is 0 Å². The van der Waals surface area contributed by atoms with Gasteiger partial charge in [-0.1, -0.05) is 18.5 Å². The Labute approximate surface area is 82.9 Å². The standard InChI is InChI=1S/C9H14ClN3/c1-6-2-3-13-7(4-6)9(10)12-8(13)5-11/h6H,2-5,11H2,1H3. The van der Waals surface area contributed by atoms with Crippen molar-refractivity contribution in [1.82, 2.24) is 9.55 Å². The number of halogens is 1. The van der Waals surface area contributed by atoms with Gasteiger partial charge in [-0.05, 0) is 18.8 Å². The molecule has 0 amide bonds. The van der Waals surface area contributed by atoms with E-state index in [1.807, 2.05) is 0 Å². The van der Waals surface area contributed by atoms with E-state index in [2.05, 4.69) is 16.5 Å². The van der Waals surface area contributed by atoms with E-state index in [9.17, 15) is 0 Å². The van der Waals surface area contributed by atoms with E-state index in [0.717, 1.165) is 18.8 Å². The minimum Gasteiger partial charge on any atom is -0.329 e. The van der Waals surface area contributed by atoms with Crippen LogP contribution in [-0.4, -0.2) is 9.55 Å². The Morgan fingerprint density at radius 3 is 3.15 bits per heavy atom. The van der Waals surface area contributed by atoms with E-state index in [0.29, 0.717) is 17.6 Å². The largest absolute Gasteiger partial charge is 0.329 e. The molecular weight excluding hydrogens is 186 g/mol. The van der Waals surface area contributed by atoms with Gasteiger partial charge in [0.1, 0.15) is 5.82 Å². The summed E-state index contributed by atoms with van der Waals surface area (Å²) in [5.41, 5.74) is 6.75. The van der Waals surface area contributed by atoms with Crippen LogP contribution in [0.15, 0.2) is 0 Å². The predicted molar refractivity (Wildman–Crippen MR) is 52.6 cm³/mol. The molecule has 2 rings (SSSR count). The highest BCUT2D eigenvalue weighted by Crippen LogP contribution is 2.27. The number of nitrogens with two attached hydrogens (primary N) is 1. The first-order valence-corrected chi connectivity index (χ1v) is 5.04. The van der Waals surface area contributed by atoms with E-state index < -0.39 is 0 Å². The van der Waals surface area contributed by atoms with Crippen LogP contribution in [0.1, 0.15) is 24.9 Å². The molecule has 0 saturated carbocycles. The van der Waals surface area contributed by atoms with Crippen molar-refractivity contribution in [3.63, 3.8) is 0 Å². The van der Waals surface area contributed by atoms with Crippen LogP contribution in [-0.2, 0) is 19.5 Å². The second kappa shape index (κ2) is 3.31. The molecule has 0 spiro atoms. The summed E-state index contributed by atoms with van der Waals surface area (Å²) in [6.45, 7) is 3.74. The van der Waals surface area contributed by atoms with Crippen molar-refractivity contribution in [2.75, 3.05) is 0 Å². The Bertz CT molecular complexity index is 319. The first kappa shape index (κ1) is 9.03. The van der Waals surface area contributed by atoms with Crippen LogP contribution in [0.25, 0.3) is 0 Å². The number of rotatable bonds is 1. The Morgan fingerprint density at radius 1 is 1.69 bits per heavy atom. The summed E-state index contributed by atoms with van der Waals surface area (Å²) >= 11 is 6.02. The summed E-state index contributed by atoms with van der Waals surface area (Å²) in [4.78, 5) is 4.25. The Hall–Kier alpha value is -0.540. The zero-order valence-electron chi connectivity index (χ0n) is 7.76. The molecule has 1 aliphatic heterocycles. The van der Waals surface area contributed by atoms with Crippen molar-refractivity contribution < 1.29 is 0 Å². The summed E-state index contributed by atoms with van der Waals surface area (Å²) in [6, 6.07) is 0. The third-order valence-electron chi connectivity index (χ3n) is 2.67. The lowest BCUT2D eigenvalue weighted by atomic mass is 9.99. The van der Waals surface area contributed by atoms with E-state index in [-0.39, 0.29) is 0 Å². The van der Waals surface area contributed by atoms with Gasteiger partial charge in [0, 0.05) is 6.54 Å². The van der Waals surface area contributed by atoms with Crippen molar-refractivity contribution in [1.29, 1.82) is 0 Å². The number of hydrogen-bond acceptors (Lipinski definition) is 2. The minimum atomic E-state index is 0.480. The van der Waals surface area contributed by atoms with E-state index in [4.69, 9.17) is 17.3 Å². The third kappa shape index (κ3) is 1.46. The van der Waals surface area contributed by atoms with Gasteiger partial charge in [0.2, 0.25) is 0 Å². The van der Waals surface area contributed by atoms with Crippen molar-refractivity contribution in [2.24, 2.45) is 11.7 Å². The topological polar surface area (TPSA) is 43.8 Å². The average molecular weight is 200 g/mol. The van der Waals surface area contributed by atoms with Crippen LogP contribution in [0, 0.1) is 5.92 Å². The fourth-order valence-electron chi connectivity index (χ4n) is 1.90.